The van der Waals surface area contributed by atoms with Gasteiger partial charge in [0.25, 0.3) is 10.0 Å². The van der Waals surface area contributed by atoms with Crippen molar-refractivity contribution in [2.45, 2.75) is 4.90 Å². The zero-order valence-electron chi connectivity index (χ0n) is 15.6. The molecule has 1 N–H and O–H groups in total. The molecular formula is C23H18ClNO3S. The Kier molecular flexibility index (Phi) is 5.18. The number of hydrogen-bond donors (Lipinski definition) is 1. The van der Waals surface area contributed by atoms with Gasteiger partial charge >= 0.3 is 0 Å². The number of hydrogen-bond acceptors (Lipinski definition) is 3. The Morgan fingerprint density at radius 2 is 1.52 bits per heavy atom. The molecule has 4 nitrogen and oxygen atoms in total. The van der Waals surface area contributed by atoms with Crippen LogP contribution in [0, 0.1) is 0 Å². The molecule has 0 saturated heterocycles. The van der Waals surface area contributed by atoms with Crippen LogP contribution < -0.4 is 9.46 Å². The summed E-state index contributed by atoms with van der Waals surface area (Å²) in [4.78, 5) is 0.203. The minimum absolute atomic E-state index is 0.203. The van der Waals surface area contributed by atoms with Crippen molar-refractivity contribution in [2.24, 2.45) is 0 Å². The molecule has 0 atom stereocenters. The maximum atomic E-state index is 12.8. The van der Waals surface area contributed by atoms with E-state index in [-0.39, 0.29) is 4.90 Å². The van der Waals surface area contributed by atoms with E-state index < -0.39 is 10.0 Å². The lowest BCUT2D eigenvalue weighted by molar-refractivity contribution is 0.415. The van der Waals surface area contributed by atoms with Crippen molar-refractivity contribution in [3.05, 3.63) is 90.0 Å². The highest BCUT2D eigenvalue weighted by Crippen LogP contribution is 2.27. The number of anilines is 1. The van der Waals surface area contributed by atoms with Crippen LogP contribution in [0.15, 0.2) is 89.8 Å². The molecule has 0 amide bonds. The van der Waals surface area contributed by atoms with Gasteiger partial charge in [0.1, 0.15) is 5.75 Å². The summed E-state index contributed by atoms with van der Waals surface area (Å²) in [5.41, 5.74) is 2.41. The Labute approximate surface area is 174 Å². The minimum Gasteiger partial charge on any atom is -0.497 e. The van der Waals surface area contributed by atoms with Gasteiger partial charge in [0.15, 0.2) is 0 Å². The minimum atomic E-state index is -3.71. The van der Waals surface area contributed by atoms with E-state index in [2.05, 4.69) is 4.72 Å². The average molecular weight is 424 g/mol. The summed E-state index contributed by atoms with van der Waals surface area (Å²) < 4.78 is 33.5. The van der Waals surface area contributed by atoms with Crippen LogP contribution in [0.5, 0.6) is 5.75 Å². The second kappa shape index (κ2) is 7.78. The van der Waals surface area contributed by atoms with E-state index in [1.807, 2.05) is 48.5 Å². The molecule has 4 aromatic rings. The number of halogens is 1. The lowest BCUT2D eigenvalue weighted by atomic mass is 10.1. The summed E-state index contributed by atoms with van der Waals surface area (Å²) >= 11 is 6.04. The van der Waals surface area contributed by atoms with Crippen molar-refractivity contribution in [1.82, 2.24) is 0 Å². The molecule has 4 rings (SSSR count). The molecule has 0 fully saturated rings. The number of sulfonamides is 1. The maximum Gasteiger partial charge on any atom is 0.261 e. The molecular weight excluding hydrogens is 406 g/mol. The molecule has 0 spiro atoms. The van der Waals surface area contributed by atoms with E-state index in [1.165, 1.54) is 0 Å². The van der Waals surface area contributed by atoms with Gasteiger partial charge in [-0.3, -0.25) is 4.72 Å². The van der Waals surface area contributed by atoms with Crippen LogP contribution in [0.1, 0.15) is 0 Å². The summed E-state index contributed by atoms with van der Waals surface area (Å²) in [6.45, 7) is 0. The van der Waals surface area contributed by atoms with E-state index in [9.17, 15) is 8.42 Å². The third-order valence-corrected chi connectivity index (χ3v) is 6.24. The predicted octanol–water partition coefficient (Wildman–Crippen LogP) is 5.97. The van der Waals surface area contributed by atoms with Gasteiger partial charge in [-0.15, -0.1) is 0 Å². The standard InChI is InChI=1S/C23H18ClNO3S/c1-28-22-11-7-19-15-23(12-8-18(19)14-22)29(26,27)25-21-9-5-16(6-10-21)17-3-2-4-20(24)13-17/h2-15,25H,1H3. The topological polar surface area (TPSA) is 55.4 Å². The highest BCUT2D eigenvalue weighted by Gasteiger charge is 2.15. The average Bonchev–Trinajstić information content (AvgIpc) is 2.73. The van der Waals surface area contributed by atoms with E-state index >= 15 is 0 Å². The number of rotatable bonds is 5. The number of fused-ring (bicyclic) bond motifs is 1. The second-order valence-electron chi connectivity index (χ2n) is 6.57. The SMILES string of the molecule is COc1ccc2cc(S(=O)(=O)Nc3ccc(-c4cccc(Cl)c4)cc3)ccc2c1. The summed E-state index contributed by atoms with van der Waals surface area (Å²) in [6.07, 6.45) is 0. The van der Waals surface area contributed by atoms with E-state index in [4.69, 9.17) is 16.3 Å². The highest BCUT2D eigenvalue weighted by molar-refractivity contribution is 7.92. The zero-order chi connectivity index (χ0) is 20.4. The van der Waals surface area contributed by atoms with E-state index in [0.717, 1.165) is 27.6 Å². The van der Waals surface area contributed by atoms with Crippen molar-refractivity contribution >= 4 is 38.1 Å². The molecule has 6 heteroatoms. The smallest absolute Gasteiger partial charge is 0.261 e. The number of benzene rings is 4. The van der Waals surface area contributed by atoms with Gasteiger partial charge in [-0.05, 0) is 70.4 Å². The molecule has 146 valence electrons. The fourth-order valence-corrected chi connectivity index (χ4v) is 4.39. The van der Waals surface area contributed by atoms with E-state index in [0.29, 0.717) is 10.7 Å². The Hall–Kier alpha value is -3.02. The molecule has 0 aromatic heterocycles. The molecule has 0 saturated carbocycles. The predicted molar refractivity (Wildman–Crippen MR) is 118 cm³/mol. The summed E-state index contributed by atoms with van der Waals surface area (Å²) in [6, 6.07) is 25.2. The van der Waals surface area contributed by atoms with Crippen LogP contribution in [-0.2, 0) is 10.0 Å². The normalized spacial score (nSPS) is 11.4. The van der Waals surface area contributed by atoms with Crippen LogP contribution in [0.2, 0.25) is 5.02 Å². The van der Waals surface area contributed by atoms with Crippen molar-refractivity contribution < 1.29 is 13.2 Å². The van der Waals surface area contributed by atoms with Gasteiger partial charge in [-0.1, -0.05) is 48.0 Å². The molecule has 0 heterocycles. The lowest BCUT2D eigenvalue weighted by Gasteiger charge is -2.10. The van der Waals surface area contributed by atoms with Crippen molar-refractivity contribution in [1.29, 1.82) is 0 Å². The number of nitrogens with one attached hydrogen (secondary N) is 1. The monoisotopic (exact) mass is 423 g/mol. The maximum absolute atomic E-state index is 12.8. The van der Waals surface area contributed by atoms with Crippen LogP contribution in [0.4, 0.5) is 5.69 Å². The summed E-state index contributed by atoms with van der Waals surface area (Å²) in [5.74, 6) is 0.728. The first kappa shape index (κ1) is 19.3. The Morgan fingerprint density at radius 1 is 0.793 bits per heavy atom. The first-order valence-electron chi connectivity index (χ1n) is 8.91. The Balaban J connectivity index is 1.59. The Morgan fingerprint density at radius 3 is 2.24 bits per heavy atom. The van der Waals surface area contributed by atoms with Crippen molar-refractivity contribution in [2.75, 3.05) is 11.8 Å². The fourth-order valence-electron chi connectivity index (χ4n) is 3.11. The largest absolute Gasteiger partial charge is 0.497 e. The van der Waals surface area contributed by atoms with E-state index in [1.54, 1.807) is 43.5 Å². The molecule has 0 aliphatic carbocycles. The molecule has 0 bridgehead atoms. The molecule has 0 aliphatic heterocycles. The van der Waals surface area contributed by atoms with Crippen LogP contribution in [-0.4, -0.2) is 15.5 Å². The molecule has 4 aromatic carbocycles. The third-order valence-electron chi connectivity index (χ3n) is 4.62. The van der Waals surface area contributed by atoms with Crippen LogP contribution in [0.25, 0.3) is 21.9 Å². The van der Waals surface area contributed by atoms with Gasteiger partial charge in [0.2, 0.25) is 0 Å². The van der Waals surface area contributed by atoms with Gasteiger partial charge in [-0.2, -0.15) is 0 Å². The number of methoxy groups -OCH3 is 1. The molecule has 0 unspecified atom stereocenters. The highest BCUT2D eigenvalue weighted by atomic mass is 35.5. The molecule has 0 aliphatic rings. The lowest BCUT2D eigenvalue weighted by Crippen LogP contribution is -2.12. The molecule has 29 heavy (non-hydrogen) atoms. The quantitative estimate of drug-likeness (QED) is 0.430. The summed E-state index contributed by atoms with van der Waals surface area (Å²) in [7, 11) is -2.11. The van der Waals surface area contributed by atoms with Gasteiger partial charge < -0.3 is 4.74 Å². The van der Waals surface area contributed by atoms with Crippen molar-refractivity contribution in [3.63, 3.8) is 0 Å². The van der Waals surface area contributed by atoms with Crippen LogP contribution in [0.3, 0.4) is 0 Å². The molecule has 0 radical (unpaired) electrons. The fraction of sp³-hybridized carbons (Fsp3) is 0.0435. The van der Waals surface area contributed by atoms with Gasteiger partial charge in [0.05, 0.1) is 12.0 Å². The van der Waals surface area contributed by atoms with Gasteiger partial charge in [-0.25, -0.2) is 8.42 Å². The van der Waals surface area contributed by atoms with Gasteiger partial charge in [0, 0.05) is 10.7 Å². The first-order valence-corrected chi connectivity index (χ1v) is 10.8. The second-order valence-corrected chi connectivity index (χ2v) is 8.69. The number of ether oxygens (including phenoxy) is 1. The third kappa shape index (κ3) is 4.21. The zero-order valence-corrected chi connectivity index (χ0v) is 17.2. The summed E-state index contributed by atoms with van der Waals surface area (Å²) in [5, 5.41) is 2.39. The first-order chi connectivity index (χ1) is 13.9. The van der Waals surface area contributed by atoms with Crippen molar-refractivity contribution in [3.8, 4) is 16.9 Å². The van der Waals surface area contributed by atoms with Crippen LogP contribution >= 0.6 is 11.6 Å². The Bertz CT molecular complexity index is 1290.